The normalized spacial score (nSPS) is 12.9. The molecule has 1 aromatic rings. The summed E-state index contributed by atoms with van der Waals surface area (Å²) in [6.45, 7) is 2.40. The molecule has 0 saturated carbocycles. The van der Waals surface area contributed by atoms with E-state index in [4.69, 9.17) is 0 Å². The second kappa shape index (κ2) is 5.37. The van der Waals surface area contributed by atoms with Crippen molar-refractivity contribution in [3.63, 3.8) is 0 Å². The van der Waals surface area contributed by atoms with Crippen LogP contribution in [0.4, 0.5) is 5.69 Å². The second-order valence-corrected chi connectivity index (χ2v) is 4.80. The van der Waals surface area contributed by atoms with Crippen molar-refractivity contribution < 1.29 is 4.79 Å². The topological polar surface area (TPSA) is 20.3 Å². The van der Waals surface area contributed by atoms with E-state index in [1.165, 1.54) is 5.56 Å². The first-order valence-electron chi connectivity index (χ1n) is 5.68. The van der Waals surface area contributed by atoms with E-state index in [0.29, 0.717) is 0 Å². The minimum absolute atomic E-state index is 0.113. The first-order valence-corrected chi connectivity index (χ1v) is 6.80. The smallest absolute Gasteiger partial charge is 0.223 e. The predicted molar refractivity (Wildman–Crippen MR) is 73.5 cm³/mol. The zero-order chi connectivity index (χ0) is 12.3. The molecule has 0 atom stereocenters. The Balaban J connectivity index is 2.23. The van der Waals surface area contributed by atoms with Gasteiger partial charge >= 0.3 is 0 Å². The molecule has 17 heavy (non-hydrogen) atoms. The van der Waals surface area contributed by atoms with E-state index >= 15 is 0 Å². The first kappa shape index (κ1) is 12.2. The molecular formula is C14H14BrNO. The Morgan fingerprint density at radius 3 is 3.06 bits per heavy atom. The maximum Gasteiger partial charge on any atom is 0.223 e. The number of carbonyl (C=O) groups is 1. The van der Waals surface area contributed by atoms with Crippen LogP contribution in [0.2, 0.25) is 0 Å². The summed E-state index contributed by atoms with van der Waals surface area (Å²) in [7, 11) is 0. The molecule has 3 heteroatoms. The van der Waals surface area contributed by atoms with Crippen molar-refractivity contribution in [1.82, 2.24) is 0 Å². The maximum absolute atomic E-state index is 11.4. The fraction of sp³-hybridized carbons (Fsp3) is 0.357. The van der Waals surface area contributed by atoms with Gasteiger partial charge < -0.3 is 4.90 Å². The number of hydrogen-bond donors (Lipinski definition) is 0. The van der Waals surface area contributed by atoms with Gasteiger partial charge in [-0.3, -0.25) is 4.79 Å². The van der Waals surface area contributed by atoms with Crippen molar-refractivity contribution in [2.45, 2.75) is 19.8 Å². The summed E-state index contributed by atoms with van der Waals surface area (Å²) in [5, 5.41) is 0.906. The third-order valence-electron chi connectivity index (χ3n) is 2.81. The van der Waals surface area contributed by atoms with Crippen LogP contribution in [0.5, 0.6) is 0 Å². The van der Waals surface area contributed by atoms with Crippen LogP contribution in [0, 0.1) is 11.8 Å². The molecule has 0 unspecified atom stereocenters. The zero-order valence-electron chi connectivity index (χ0n) is 9.79. The van der Waals surface area contributed by atoms with Gasteiger partial charge in [-0.05, 0) is 30.2 Å². The van der Waals surface area contributed by atoms with Gasteiger partial charge in [0.1, 0.15) is 0 Å². The van der Waals surface area contributed by atoms with E-state index in [2.05, 4.69) is 33.8 Å². The second-order valence-electron chi connectivity index (χ2n) is 4.00. The van der Waals surface area contributed by atoms with Crippen molar-refractivity contribution in [3.8, 4) is 11.8 Å². The third kappa shape index (κ3) is 2.70. The van der Waals surface area contributed by atoms with E-state index in [1.807, 2.05) is 17.0 Å². The fourth-order valence-corrected chi connectivity index (χ4v) is 2.22. The van der Waals surface area contributed by atoms with E-state index in [0.717, 1.165) is 36.0 Å². The highest BCUT2D eigenvalue weighted by atomic mass is 79.9. The molecule has 0 spiro atoms. The fourth-order valence-electron chi connectivity index (χ4n) is 2.02. The summed E-state index contributed by atoms with van der Waals surface area (Å²) in [6.07, 6.45) is 1.79. The van der Waals surface area contributed by atoms with Crippen LogP contribution in [0.1, 0.15) is 24.5 Å². The van der Waals surface area contributed by atoms with Crippen LogP contribution in [0.3, 0.4) is 0 Å². The van der Waals surface area contributed by atoms with Crippen LogP contribution in [-0.2, 0) is 11.2 Å². The molecule has 0 saturated heterocycles. The Kier molecular flexibility index (Phi) is 3.86. The monoisotopic (exact) mass is 291 g/mol. The maximum atomic E-state index is 11.4. The van der Waals surface area contributed by atoms with Gasteiger partial charge in [0, 0.05) is 36.5 Å². The van der Waals surface area contributed by atoms with Crippen LogP contribution < -0.4 is 4.90 Å². The number of nitrogens with zero attached hydrogens (tertiary/aromatic N) is 1. The Labute approximate surface area is 110 Å². The van der Waals surface area contributed by atoms with Crippen molar-refractivity contribution in [2.24, 2.45) is 0 Å². The van der Waals surface area contributed by atoms with E-state index in [-0.39, 0.29) is 5.91 Å². The Hall–Kier alpha value is -1.27. The molecule has 1 amide bonds. The van der Waals surface area contributed by atoms with Gasteiger partial charge in [0.05, 0.1) is 0 Å². The number of benzene rings is 1. The Morgan fingerprint density at radius 1 is 1.53 bits per heavy atom. The number of anilines is 1. The lowest BCUT2D eigenvalue weighted by Gasteiger charge is -2.14. The zero-order valence-corrected chi connectivity index (χ0v) is 11.4. The summed E-state index contributed by atoms with van der Waals surface area (Å²) in [5.41, 5.74) is 3.31. The van der Waals surface area contributed by atoms with Gasteiger partial charge in [-0.25, -0.2) is 0 Å². The quantitative estimate of drug-likeness (QED) is 0.576. The van der Waals surface area contributed by atoms with Crippen molar-refractivity contribution >= 4 is 27.5 Å². The number of amides is 1. The molecular weight excluding hydrogens is 278 g/mol. The number of fused-ring (bicyclic) bond motifs is 1. The molecule has 2 rings (SSSR count). The van der Waals surface area contributed by atoms with Crippen LogP contribution in [0.15, 0.2) is 18.2 Å². The van der Waals surface area contributed by atoms with Crippen molar-refractivity contribution in [1.29, 1.82) is 0 Å². The number of rotatable bonds is 1. The first-order chi connectivity index (χ1) is 8.22. The average molecular weight is 292 g/mol. The lowest BCUT2D eigenvalue weighted by Crippen LogP contribution is -2.25. The van der Waals surface area contributed by atoms with Crippen LogP contribution >= 0.6 is 15.9 Å². The molecule has 0 fully saturated rings. The third-order valence-corrected chi connectivity index (χ3v) is 3.20. The number of carbonyl (C=O) groups excluding carboxylic acids is 1. The Morgan fingerprint density at radius 2 is 2.35 bits per heavy atom. The minimum Gasteiger partial charge on any atom is -0.312 e. The summed E-state index contributed by atoms with van der Waals surface area (Å²) < 4.78 is 0. The van der Waals surface area contributed by atoms with Crippen LogP contribution in [0.25, 0.3) is 0 Å². The summed E-state index contributed by atoms with van der Waals surface area (Å²) >= 11 is 3.35. The highest BCUT2D eigenvalue weighted by Crippen LogP contribution is 2.28. The molecule has 0 aliphatic carbocycles. The molecule has 0 radical (unpaired) electrons. The predicted octanol–water partition coefficient (Wildman–Crippen LogP) is 2.73. The van der Waals surface area contributed by atoms with E-state index in [1.54, 1.807) is 6.92 Å². The highest BCUT2D eigenvalue weighted by Gasteiger charge is 2.21. The lowest BCUT2D eigenvalue weighted by molar-refractivity contribution is -0.116. The highest BCUT2D eigenvalue weighted by molar-refractivity contribution is 9.09. The number of alkyl halides is 1. The summed E-state index contributed by atoms with van der Waals surface area (Å²) in [6, 6.07) is 6.09. The number of hydrogen-bond acceptors (Lipinski definition) is 1. The van der Waals surface area contributed by atoms with Gasteiger partial charge in [-0.1, -0.05) is 27.8 Å². The van der Waals surface area contributed by atoms with Crippen LogP contribution in [-0.4, -0.2) is 17.8 Å². The van der Waals surface area contributed by atoms with E-state index in [9.17, 15) is 4.79 Å². The van der Waals surface area contributed by atoms with Gasteiger partial charge in [-0.15, -0.1) is 0 Å². The molecule has 1 aromatic carbocycles. The lowest BCUT2D eigenvalue weighted by atomic mass is 10.1. The van der Waals surface area contributed by atoms with Crippen molar-refractivity contribution in [3.05, 3.63) is 29.3 Å². The van der Waals surface area contributed by atoms with Gasteiger partial charge in [0.25, 0.3) is 0 Å². The molecule has 0 bridgehead atoms. The summed E-state index contributed by atoms with van der Waals surface area (Å²) in [5.74, 6) is 6.35. The average Bonchev–Trinajstić information content (AvgIpc) is 2.72. The molecule has 1 heterocycles. The molecule has 0 aromatic heterocycles. The Bertz CT molecular complexity index is 499. The van der Waals surface area contributed by atoms with E-state index < -0.39 is 0 Å². The summed E-state index contributed by atoms with van der Waals surface area (Å²) in [4.78, 5) is 13.2. The molecule has 88 valence electrons. The SMILES string of the molecule is CC(=O)N1CCc2cc(C#CCCBr)ccc21. The van der Waals surface area contributed by atoms with Gasteiger partial charge in [0.2, 0.25) is 5.91 Å². The molecule has 0 N–H and O–H groups in total. The minimum atomic E-state index is 0.113. The molecule has 1 aliphatic heterocycles. The van der Waals surface area contributed by atoms with Crippen molar-refractivity contribution in [2.75, 3.05) is 16.8 Å². The molecule has 1 aliphatic rings. The molecule has 2 nitrogen and oxygen atoms in total. The van der Waals surface area contributed by atoms with Gasteiger partial charge in [0.15, 0.2) is 0 Å². The largest absolute Gasteiger partial charge is 0.312 e. The standard InChI is InChI=1S/C14H14BrNO/c1-11(17)16-9-7-13-10-12(4-2-3-8-15)5-6-14(13)16/h5-6,10H,3,7-9H2,1H3. The van der Waals surface area contributed by atoms with Gasteiger partial charge in [-0.2, -0.15) is 0 Å². The number of halogens is 1.